The summed E-state index contributed by atoms with van der Waals surface area (Å²) in [7, 11) is 2.15. The molecule has 3 aliphatic heterocycles. The van der Waals surface area contributed by atoms with Crippen molar-refractivity contribution < 1.29 is 43.0 Å². The van der Waals surface area contributed by atoms with Crippen LogP contribution in [0.5, 0.6) is 5.75 Å². The van der Waals surface area contributed by atoms with E-state index in [2.05, 4.69) is 39.4 Å². The third-order valence-corrected chi connectivity index (χ3v) is 11.8. The standard InChI is InChI=1S/C46H57N5O9/c1-31-39(19-17-36-42(31)46(56)51(45(36)55)37-18-20-40(52)47-44(37)54)58-25-9-6-4-3-5-8-22-49(2)30-32-12-11-13-35(28-32)57-27-24-50-23-21-33-15-16-34(29-38(33)50)43(53)48-60-41-14-7-10-26-59-41/h11-13,15-17,19,21,23,28-29,31,37,39,41H,3-10,14,18,20,22,24-27,30H2,1-2H3,(H,48,53)(H,47,52,54). The summed E-state index contributed by atoms with van der Waals surface area (Å²) in [4.78, 5) is 72.0. The van der Waals surface area contributed by atoms with Crippen LogP contribution in [0.1, 0.15) is 93.5 Å². The van der Waals surface area contributed by atoms with E-state index in [1.807, 2.05) is 49.5 Å². The molecule has 60 heavy (non-hydrogen) atoms. The van der Waals surface area contributed by atoms with Gasteiger partial charge in [0, 0.05) is 66.9 Å². The van der Waals surface area contributed by atoms with Crippen LogP contribution in [-0.2, 0) is 46.6 Å². The number of aromatic nitrogens is 1. The first-order valence-electron chi connectivity index (χ1n) is 21.5. The molecule has 14 heteroatoms. The highest BCUT2D eigenvalue weighted by Gasteiger charge is 2.48. The number of unbranched alkanes of at least 4 members (excludes halogenated alkanes) is 5. The predicted octanol–water partition coefficient (Wildman–Crippen LogP) is 5.74. The lowest BCUT2D eigenvalue weighted by Gasteiger charge is -2.29. The van der Waals surface area contributed by atoms with Crippen LogP contribution in [0.4, 0.5) is 0 Å². The molecule has 7 rings (SSSR count). The van der Waals surface area contributed by atoms with Crippen LogP contribution < -0.4 is 15.5 Å². The summed E-state index contributed by atoms with van der Waals surface area (Å²) in [6.45, 7) is 6.04. The SMILES string of the molecule is CC1C2=C(C=CC1OCCCCCCCCN(C)Cc1cccc(OCCn3ccc4ccc(C(=O)NOC5CCCCO5)cc43)c1)C(=O)N(C1CCC(=O)NC1=O)C2=O. The molecule has 2 saturated heterocycles. The Balaban J connectivity index is 0.750. The number of rotatable bonds is 20. The number of hydrogen-bond donors (Lipinski definition) is 2. The van der Waals surface area contributed by atoms with Gasteiger partial charge in [0.1, 0.15) is 18.4 Å². The summed E-state index contributed by atoms with van der Waals surface area (Å²) in [5, 5.41) is 3.29. The van der Waals surface area contributed by atoms with Gasteiger partial charge in [-0.1, -0.05) is 63.0 Å². The highest BCUT2D eigenvalue weighted by molar-refractivity contribution is 6.23. The molecule has 1 aromatic heterocycles. The zero-order chi connectivity index (χ0) is 42.0. The number of hydroxylamine groups is 1. The monoisotopic (exact) mass is 823 g/mol. The van der Waals surface area contributed by atoms with Gasteiger partial charge in [-0.15, -0.1) is 0 Å². The molecule has 0 saturated carbocycles. The Morgan fingerprint density at radius 3 is 2.60 bits per heavy atom. The van der Waals surface area contributed by atoms with Gasteiger partial charge in [-0.05, 0) is 87.0 Å². The summed E-state index contributed by atoms with van der Waals surface area (Å²) in [6, 6.07) is 14.9. The smallest absolute Gasteiger partial charge is 0.275 e. The number of imide groups is 2. The molecule has 2 aromatic carbocycles. The van der Waals surface area contributed by atoms with Crippen LogP contribution >= 0.6 is 0 Å². The molecule has 4 aliphatic rings. The Hall–Kier alpha value is -5.15. The number of hydrogen-bond acceptors (Lipinski definition) is 10. The van der Waals surface area contributed by atoms with E-state index in [1.54, 1.807) is 12.1 Å². The summed E-state index contributed by atoms with van der Waals surface area (Å²) >= 11 is 0. The van der Waals surface area contributed by atoms with Gasteiger partial charge in [-0.3, -0.25) is 34.2 Å². The fraction of sp³-hybridized carbons (Fsp3) is 0.500. The number of carbonyl (C=O) groups is 5. The summed E-state index contributed by atoms with van der Waals surface area (Å²) < 4.78 is 20.0. The van der Waals surface area contributed by atoms with Crippen molar-refractivity contribution in [3.63, 3.8) is 0 Å². The Bertz CT molecular complexity index is 2100. The molecular formula is C46H57N5O9. The molecule has 0 spiro atoms. The highest BCUT2D eigenvalue weighted by atomic mass is 16.8. The third kappa shape index (κ3) is 10.6. The van der Waals surface area contributed by atoms with Crippen LogP contribution in [0, 0.1) is 5.92 Å². The van der Waals surface area contributed by atoms with Crippen LogP contribution in [0.25, 0.3) is 10.9 Å². The Morgan fingerprint density at radius 1 is 0.950 bits per heavy atom. The lowest BCUT2D eigenvalue weighted by Crippen LogP contribution is -2.54. The van der Waals surface area contributed by atoms with Crippen LogP contribution in [0.15, 0.2) is 78.0 Å². The first-order valence-corrected chi connectivity index (χ1v) is 21.5. The van der Waals surface area contributed by atoms with E-state index >= 15 is 0 Å². The van der Waals surface area contributed by atoms with Crippen molar-refractivity contribution in [2.45, 2.75) is 109 Å². The van der Waals surface area contributed by atoms with Crippen molar-refractivity contribution in [1.29, 1.82) is 0 Å². The van der Waals surface area contributed by atoms with Crippen molar-refractivity contribution in [2.24, 2.45) is 5.92 Å². The van der Waals surface area contributed by atoms with Gasteiger partial charge < -0.3 is 23.7 Å². The minimum absolute atomic E-state index is 0.0936. The van der Waals surface area contributed by atoms with E-state index in [1.165, 1.54) is 5.56 Å². The minimum Gasteiger partial charge on any atom is -0.492 e. The second-order valence-electron chi connectivity index (χ2n) is 16.2. The first-order chi connectivity index (χ1) is 29.2. The molecule has 2 N–H and O–H groups in total. The zero-order valence-corrected chi connectivity index (χ0v) is 34.7. The number of ether oxygens (including phenoxy) is 3. The normalized spacial score (nSPS) is 21.9. The Kier molecular flexibility index (Phi) is 14.6. The molecule has 4 atom stereocenters. The van der Waals surface area contributed by atoms with Gasteiger partial charge in [0.25, 0.3) is 17.7 Å². The van der Waals surface area contributed by atoms with E-state index in [-0.39, 0.29) is 30.8 Å². The molecule has 4 unspecified atom stereocenters. The summed E-state index contributed by atoms with van der Waals surface area (Å²) in [5.74, 6) is -1.73. The van der Waals surface area contributed by atoms with Crippen molar-refractivity contribution in [3.8, 4) is 5.75 Å². The first kappa shape index (κ1) is 43.0. The van der Waals surface area contributed by atoms with Crippen molar-refractivity contribution >= 4 is 40.4 Å². The van der Waals surface area contributed by atoms with E-state index in [4.69, 9.17) is 19.0 Å². The molecule has 3 aromatic rings. The quantitative estimate of drug-likeness (QED) is 0.0818. The number of carbonyl (C=O) groups excluding carboxylic acids is 5. The zero-order valence-electron chi connectivity index (χ0n) is 34.7. The summed E-state index contributed by atoms with van der Waals surface area (Å²) in [6.07, 6.45) is 14.3. The van der Waals surface area contributed by atoms with E-state index in [0.717, 1.165) is 92.4 Å². The number of amides is 5. The predicted molar refractivity (Wildman–Crippen MR) is 223 cm³/mol. The second kappa shape index (κ2) is 20.4. The molecule has 0 bridgehead atoms. The number of fused-ring (bicyclic) bond motifs is 1. The molecule has 14 nitrogen and oxygen atoms in total. The fourth-order valence-corrected chi connectivity index (χ4v) is 8.42. The van der Waals surface area contributed by atoms with Gasteiger partial charge >= 0.3 is 0 Å². The van der Waals surface area contributed by atoms with Crippen LogP contribution in [0.3, 0.4) is 0 Å². The van der Waals surface area contributed by atoms with Gasteiger partial charge in [-0.25, -0.2) is 10.3 Å². The number of nitrogens with one attached hydrogen (secondary N) is 2. The van der Waals surface area contributed by atoms with Crippen molar-refractivity contribution in [3.05, 3.63) is 89.2 Å². The molecule has 2 fully saturated rings. The molecule has 0 radical (unpaired) electrons. The maximum atomic E-state index is 13.3. The van der Waals surface area contributed by atoms with Crippen LogP contribution in [-0.4, -0.2) is 95.8 Å². The minimum atomic E-state index is -0.968. The summed E-state index contributed by atoms with van der Waals surface area (Å²) in [5.41, 5.74) is 5.92. The lowest BCUT2D eigenvalue weighted by atomic mass is 9.87. The van der Waals surface area contributed by atoms with Crippen molar-refractivity contribution in [1.82, 2.24) is 25.2 Å². The average Bonchev–Trinajstić information content (AvgIpc) is 3.77. The van der Waals surface area contributed by atoms with E-state index in [9.17, 15) is 24.0 Å². The van der Waals surface area contributed by atoms with Gasteiger partial charge in [-0.2, -0.15) is 0 Å². The Morgan fingerprint density at radius 2 is 1.78 bits per heavy atom. The number of nitrogens with zero attached hydrogens (tertiary/aromatic N) is 3. The van der Waals surface area contributed by atoms with Gasteiger partial charge in [0.2, 0.25) is 11.8 Å². The average molecular weight is 824 g/mol. The second-order valence-corrected chi connectivity index (χ2v) is 16.2. The van der Waals surface area contributed by atoms with E-state index < -0.39 is 36.0 Å². The van der Waals surface area contributed by atoms with Crippen LogP contribution in [0.2, 0.25) is 0 Å². The maximum Gasteiger partial charge on any atom is 0.275 e. The molecular weight excluding hydrogens is 767 g/mol. The van der Waals surface area contributed by atoms with Crippen molar-refractivity contribution in [2.75, 3.05) is 33.4 Å². The highest BCUT2D eigenvalue weighted by Crippen LogP contribution is 2.36. The van der Waals surface area contributed by atoms with Gasteiger partial charge in [0.05, 0.1) is 12.6 Å². The largest absolute Gasteiger partial charge is 0.492 e. The fourth-order valence-electron chi connectivity index (χ4n) is 8.42. The molecule has 1 aliphatic carbocycles. The van der Waals surface area contributed by atoms with Gasteiger partial charge in [0.15, 0.2) is 6.29 Å². The third-order valence-electron chi connectivity index (χ3n) is 11.8. The lowest BCUT2D eigenvalue weighted by molar-refractivity contribution is -0.186. The van der Waals surface area contributed by atoms with E-state index in [0.29, 0.717) is 43.1 Å². The number of piperidine rings is 1. The maximum absolute atomic E-state index is 13.3. The molecule has 5 amide bonds. The topological polar surface area (TPSA) is 158 Å². The molecule has 320 valence electrons. The molecule has 4 heterocycles. The number of benzene rings is 2. The Labute approximate surface area is 351 Å².